The molecular weight excluding hydrogens is 196 g/mol. The van der Waals surface area contributed by atoms with E-state index in [1.165, 1.54) is 0 Å². The Morgan fingerprint density at radius 2 is 1.86 bits per heavy atom. The van der Waals surface area contributed by atoms with E-state index >= 15 is 0 Å². The normalized spacial score (nSPS) is 9.57. The van der Waals surface area contributed by atoms with Crippen LogP contribution in [0.2, 0.25) is 0 Å². The van der Waals surface area contributed by atoms with Gasteiger partial charge in [0.25, 0.3) is 0 Å². The zero-order chi connectivity index (χ0) is 10.6. The molecule has 0 bridgehead atoms. The molecule has 0 heterocycles. The van der Waals surface area contributed by atoms with Gasteiger partial charge >= 0.3 is 5.97 Å². The number of carbonyl (C=O) groups excluding carboxylic acids is 1. The Morgan fingerprint density at radius 1 is 1.36 bits per heavy atom. The van der Waals surface area contributed by atoms with E-state index in [0.29, 0.717) is 5.56 Å². The summed E-state index contributed by atoms with van der Waals surface area (Å²) in [6.45, 7) is 5.73. The van der Waals surface area contributed by atoms with Crippen LogP contribution in [0.4, 0.5) is 0 Å². The molecule has 0 spiro atoms. The number of carbonyl (C=O) groups is 1. The van der Waals surface area contributed by atoms with Crippen LogP contribution < -0.4 is 0 Å². The zero-order valence-electron chi connectivity index (χ0n) is 7.99. The minimum Gasteiger partial charge on any atom is -0.451 e. The van der Waals surface area contributed by atoms with E-state index in [4.69, 9.17) is 4.74 Å². The monoisotopic (exact) mass is 208 g/mol. The van der Waals surface area contributed by atoms with Crippen molar-refractivity contribution in [2.24, 2.45) is 0 Å². The number of esters is 1. The summed E-state index contributed by atoms with van der Waals surface area (Å²) in [7, 11) is 0. The fourth-order valence-corrected chi connectivity index (χ4v) is 1.15. The van der Waals surface area contributed by atoms with Crippen LogP contribution in [0.5, 0.6) is 0 Å². The fraction of sp³-hybridized carbons (Fsp3) is 0.182. The lowest BCUT2D eigenvalue weighted by Crippen LogP contribution is -2.03. The van der Waals surface area contributed by atoms with Gasteiger partial charge in [-0.3, -0.25) is 0 Å². The highest BCUT2D eigenvalue weighted by Gasteiger charge is 2.05. The Kier molecular flexibility index (Phi) is 3.77. The molecule has 0 amide bonds. The number of hydrogen-bond acceptors (Lipinski definition) is 3. The molecule has 0 unspecified atom stereocenters. The molecule has 0 aliphatic rings. The highest BCUT2D eigenvalue weighted by molar-refractivity contribution is 7.80. The van der Waals surface area contributed by atoms with Gasteiger partial charge in [-0.05, 0) is 24.6 Å². The van der Waals surface area contributed by atoms with Crippen molar-refractivity contribution in [2.45, 2.75) is 6.92 Å². The summed E-state index contributed by atoms with van der Waals surface area (Å²) in [5.41, 5.74) is 2.52. The van der Waals surface area contributed by atoms with Gasteiger partial charge in [0.1, 0.15) is 5.94 Å². The third-order valence-electron chi connectivity index (χ3n) is 1.81. The molecule has 0 N–H and O–H groups in total. The van der Waals surface area contributed by atoms with E-state index < -0.39 is 0 Å². The summed E-state index contributed by atoms with van der Waals surface area (Å²) in [5, 5.41) is 0. The second kappa shape index (κ2) is 4.86. The topological polar surface area (TPSA) is 26.3 Å². The summed E-state index contributed by atoms with van der Waals surface area (Å²) < 4.78 is 4.73. The van der Waals surface area contributed by atoms with Crippen LogP contribution in [0.25, 0.3) is 5.57 Å². The van der Waals surface area contributed by atoms with Crippen LogP contribution in [-0.4, -0.2) is 11.9 Å². The first-order valence-electron chi connectivity index (χ1n) is 4.19. The zero-order valence-corrected chi connectivity index (χ0v) is 8.88. The number of thiol groups is 1. The van der Waals surface area contributed by atoms with Crippen LogP contribution in [0, 0.1) is 0 Å². The van der Waals surface area contributed by atoms with E-state index in [1.54, 1.807) is 12.1 Å². The lowest BCUT2D eigenvalue weighted by Gasteiger charge is -2.02. The molecule has 3 heteroatoms. The first-order valence-corrected chi connectivity index (χ1v) is 4.82. The van der Waals surface area contributed by atoms with E-state index in [0.717, 1.165) is 11.1 Å². The fourth-order valence-electron chi connectivity index (χ4n) is 1.03. The second-order valence-corrected chi connectivity index (χ2v) is 3.18. The Bertz CT molecular complexity index is 341. The molecular formula is C11H12O2S. The molecule has 0 aliphatic carbocycles. The van der Waals surface area contributed by atoms with Crippen molar-refractivity contribution in [2.75, 3.05) is 5.94 Å². The Labute approximate surface area is 89.0 Å². The largest absolute Gasteiger partial charge is 0.451 e. The van der Waals surface area contributed by atoms with Crippen molar-refractivity contribution >= 4 is 24.2 Å². The number of rotatable bonds is 3. The summed E-state index contributed by atoms with van der Waals surface area (Å²) >= 11 is 3.81. The van der Waals surface area contributed by atoms with Gasteiger partial charge in [0.15, 0.2) is 0 Å². The van der Waals surface area contributed by atoms with Gasteiger partial charge in [-0.1, -0.05) is 24.3 Å². The van der Waals surface area contributed by atoms with Gasteiger partial charge in [-0.25, -0.2) is 4.79 Å². The van der Waals surface area contributed by atoms with Crippen molar-refractivity contribution in [3.8, 4) is 0 Å². The molecule has 0 aromatic heterocycles. The van der Waals surface area contributed by atoms with Crippen molar-refractivity contribution in [3.63, 3.8) is 0 Å². The van der Waals surface area contributed by atoms with Crippen LogP contribution in [0.1, 0.15) is 22.8 Å². The molecule has 0 aliphatic heterocycles. The molecule has 2 nitrogen and oxygen atoms in total. The predicted molar refractivity (Wildman–Crippen MR) is 60.4 cm³/mol. The van der Waals surface area contributed by atoms with E-state index in [-0.39, 0.29) is 11.9 Å². The van der Waals surface area contributed by atoms with Crippen LogP contribution in [0.15, 0.2) is 30.8 Å². The van der Waals surface area contributed by atoms with Crippen molar-refractivity contribution in [1.82, 2.24) is 0 Å². The first-order chi connectivity index (χ1) is 6.65. The average molecular weight is 208 g/mol. The van der Waals surface area contributed by atoms with Gasteiger partial charge < -0.3 is 4.74 Å². The summed E-state index contributed by atoms with van der Waals surface area (Å²) in [5.74, 6) is -0.255. The highest BCUT2D eigenvalue weighted by Crippen LogP contribution is 2.12. The molecule has 1 aromatic rings. The highest BCUT2D eigenvalue weighted by atomic mass is 32.1. The standard InChI is InChI=1S/C11H12O2S/c1-8(2)9-3-5-10(6-4-9)11(12)13-7-14/h3-6,14H,1,7H2,2H3. The molecule has 0 radical (unpaired) electrons. The molecule has 0 fully saturated rings. The summed E-state index contributed by atoms with van der Waals surface area (Å²) in [6, 6.07) is 7.13. The van der Waals surface area contributed by atoms with Crippen molar-refractivity contribution in [1.29, 1.82) is 0 Å². The lowest BCUT2D eigenvalue weighted by molar-refractivity contribution is 0.0581. The van der Waals surface area contributed by atoms with E-state index in [9.17, 15) is 4.79 Å². The molecule has 1 aromatic carbocycles. The van der Waals surface area contributed by atoms with Gasteiger partial charge in [0.2, 0.25) is 0 Å². The van der Waals surface area contributed by atoms with Gasteiger partial charge in [-0.2, -0.15) is 0 Å². The van der Waals surface area contributed by atoms with E-state index in [2.05, 4.69) is 19.2 Å². The van der Waals surface area contributed by atoms with Crippen LogP contribution in [0.3, 0.4) is 0 Å². The minimum atomic E-state index is -0.353. The third kappa shape index (κ3) is 2.64. The molecule has 14 heavy (non-hydrogen) atoms. The third-order valence-corrected chi connectivity index (χ3v) is 1.94. The van der Waals surface area contributed by atoms with Crippen molar-refractivity contribution in [3.05, 3.63) is 42.0 Å². The maximum absolute atomic E-state index is 11.2. The number of ether oxygens (including phenoxy) is 1. The minimum absolute atomic E-state index is 0.0983. The number of hydrogen-bond donors (Lipinski definition) is 1. The summed E-state index contributed by atoms with van der Waals surface area (Å²) in [4.78, 5) is 11.2. The Hall–Kier alpha value is -1.22. The molecule has 0 atom stereocenters. The van der Waals surface area contributed by atoms with E-state index in [1.807, 2.05) is 19.1 Å². The average Bonchev–Trinajstić information content (AvgIpc) is 2.18. The van der Waals surface area contributed by atoms with Gasteiger partial charge in [0, 0.05) is 0 Å². The van der Waals surface area contributed by atoms with Crippen molar-refractivity contribution < 1.29 is 9.53 Å². The lowest BCUT2D eigenvalue weighted by atomic mass is 10.1. The molecule has 0 saturated heterocycles. The van der Waals surface area contributed by atoms with Gasteiger partial charge in [-0.15, -0.1) is 12.6 Å². The maximum atomic E-state index is 11.2. The quantitative estimate of drug-likeness (QED) is 0.469. The Morgan fingerprint density at radius 3 is 2.29 bits per heavy atom. The smallest absolute Gasteiger partial charge is 0.338 e. The number of benzene rings is 1. The maximum Gasteiger partial charge on any atom is 0.338 e. The second-order valence-electron chi connectivity index (χ2n) is 2.92. The van der Waals surface area contributed by atoms with Crippen LogP contribution in [-0.2, 0) is 4.74 Å². The predicted octanol–water partition coefficient (Wildman–Crippen LogP) is 2.76. The number of allylic oxidation sites excluding steroid dienone is 1. The molecule has 0 saturated carbocycles. The molecule has 1 rings (SSSR count). The first kappa shape index (κ1) is 10.9. The van der Waals surface area contributed by atoms with Crippen LogP contribution >= 0.6 is 12.6 Å². The SMILES string of the molecule is C=C(C)c1ccc(C(=O)OCS)cc1. The summed E-state index contributed by atoms with van der Waals surface area (Å²) in [6.07, 6.45) is 0. The molecule has 74 valence electrons. The van der Waals surface area contributed by atoms with Gasteiger partial charge in [0.05, 0.1) is 5.56 Å². The Balaban J connectivity index is 2.83.